The average Bonchev–Trinajstić information content (AvgIpc) is 3.01. The number of nitrogens with one attached hydrogen (secondary N) is 1. The Morgan fingerprint density at radius 3 is 2.71 bits per heavy atom. The zero-order chi connectivity index (χ0) is 17.1. The van der Waals surface area contributed by atoms with E-state index >= 15 is 0 Å². The Morgan fingerprint density at radius 2 is 2.00 bits per heavy atom. The highest BCUT2D eigenvalue weighted by atomic mass is 35.5. The van der Waals surface area contributed by atoms with Crippen LogP contribution in [0.2, 0.25) is 5.02 Å². The number of fused-ring (bicyclic) bond motifs is 1. The van der Waals surface area contributed by atoms with Crippen molar-refractivity contribution in [3.05, 3.63) is 62.7 Å². The molecule has 24 heavy (non-hydrogen) atoms. The van der Waals surface area contributed by atoms with Crippen LogP contribution in [0.4, 0.5) is 5.69 Å². The fraction of sp³-hybridized carbons (Fsp3) is 0.0667. The topological polar surface area (TPSA) is 103 Å². The second-order valence-corrected chi connectivity index (χ2v) is 5.11. The molecule has 0 aliphatic carbocycles. The standard InChI is InChI=1S/C15H10ClN3O5/c16-11-4-2-1-3-10(11)15(20)18-17-7-9-5-13-14(24-8-23-13)6-12(9)19(21)22/h1-7H,8H2,(H,18,20)/b17-7-. The van der Waals surface area contributed by atoms with Gasteiger partial charge in [0.05, 0.1) is 33.4 Å². The lowest BCUT2D eigenvalue weighted by molar-refractivity contribution is -0.385. The van der Waals surface area contributed by atoms with Crippen molar-refractivity contribution in [1.29, 1.82) is 0 Å². The quantitative estimate of drug-likeness (QED) is 0.520. The van der Waals surface area contributed by atoms with Gasteiger partial charge in [-0.15, -0.1) is 0 Å². The molecule has 0 fully saturated rings. The van der Waals surface area contributed by atoms with Crippen LogP contribution in [-0.4, -0.2) is 23.8 Å². The van der Waals surface area contributed by atoms with Crippen LogP contribution in [0, 0.1) is 10.1 Å². The number of hydrogen-bond acceptors (Lipinski definition) is 6. The summed E-state index contributed by atoms with van der Waals surface area (Å²) in [6, 6.07) is 9.13. The maximum absolute atomic E-state index is 12.0. The molecule has 122 valence electrons. The normalized spacial score (nSPS) is 12.4. The Bertz CT molecular complexity index is 853. The molecule has 2 aromatic rings. The molecular formula is C15H10ClN3O5. The van der Waals surface area contributed by atoms with Gasteiger partial charge >= 0.3 is 0 Å². The fourth-order valence-corrected chi connectivity index (χ4v) is 2.30. The van der Waals surface area contributed by atoms with Crippen molar-refractivity contribution in [2.24, 2.45) is 5.10 Å². The molecule has 1 aliphatic rings. The summed E-state index contributed by atoms with van der Waals surface area (Å²) in [5.74, 6) is 0.138. The van der Waals surface area contributed by atoms with Crippen molar-refractivity contribution < 1.29 is 19.2 Å². The maximum atomic E-state index is 12.0. The Hall–Kier alpha value is -3.13. The smallest absolute Gasteiger partial charge is 0.282 e. The molecule has 1 amide bonds. The summed E-state index contributed by atoms with van der Waals surface area (Å²) in [5.41, 5.74) is 2.48. The van der Waals surface area contributed by atoms with Crippen LogP contribution < -0.4 is 14.9 Å². The largest absolute Gasteiger partial charge is 0.454 e. The van der Waals surface area contributed by atoms with Crippen molar-refractivity contribution in [1.82, 2.24) is 5.43 Å². The second kappa shape index (κ2) is 6.55. The Labute approximate surface area is 140 Å². The molecule has 1 N–H and O–H groups in total. The minimum absolute atomic E-state index is 0.00364. The van der Waals surface area contributed by atoms with Gasteiger partial charge in [-0.2, -0.15) is 5.10 Å². The highest BCUT2D eigenvalue weighted by Gasteiger charge is 2.22. The van der Waals surface area contributed by atoms with Crippen LogP contribution in [0.15, 0.2) is 41.5 Å². The lowest BCUT2D eigenvalue weighted by Crippen LogP contribution is -2.18. The van der Waals surface area contributed by atoms with Gasteiger partial charge in [-0.1, -0.05) is 23.7 Å². The lowest BCUT2D eigenvalue weighted by Gasteiger charge is -2.02. The molecule has 0 saturated carbocycles. The zero-order valence-corrected chi connectivity index (χ0v) is 12.8. The van der Waals surface area contributed by atoms with E-state index in [0.29, 0.717) is 11.5 Å². The molecule has 2 aromatic carbocycles. The Balaban J connectivity index is 1.81. The lowest BCUT2D eigenvalue weighted by atomic mass is 10.1. The number of carbonyl (C=O) groups is 1. The van der Waals surface area contributed by atoms with Crippen LogP contribution in [0.3, 0.4) is 0 Å². The van der Waals surface area contributed by atoms with Gasteiger partial charge in [-0.05, 0) is 18.2 Å². The molecule has 0 radical (unpaired) electrons. The summed E-state index contributed by atoms with van der Waals surface area (Å²) in [6.07, 6.45) is 1.16. The third-order valence-corrected chi connectivity index (χ3v) is 3.54. The van der Waals surface area contributed by atoms with Crippen molar-refractivity contribution in [3.63, 3.8) is 0 Å². The van der Waals surface area contributed by atoms with Crippen molar-refractivity contribution in [2.45, 2.75) is 0 Å². The highest BCUT2D eigenvalue weighted by Crippen LogP contribution is 2.37. The summed E-state index contributed by atoms with van der Waals surface area (Å²) in [4.78, 5) is 22.5. The number of carbonyl (C=O) groups excluding carboxylic acids is 1. The van der Waals surface area contributed by atoms with E-state index in [2.05, 4.69) is 10.5 Å². The first-order chi connectivity index (χ1) is 11.6. The molecule has 9 heteroatoms. The van der Waals surface area contributed by atoms with Gasteiger partial charge in [0, 0.05) is 0 Å². The molecule has 1 aliphatic heterocycles. The van der Waals surface area contributed by atoms with Crippen LogP contribution in [0.25, 0.3) is 0 Å². The summed E-state index contributed by atoms with van der Waals surface area (Å²) < 4.78 is 10.3. The number of amides is 1. The minimum Gasteiger partial charge on any atom is -0.454 e. The molecular weight excluding hydrogens is 338 g/mol. The molecule has 0 bridgehead atoms. The van der Waals surface area contributed by atoms with Gasteiger partial charge in [0.15, 0.2) is 11.5 Å². The molecule has 0 spiro atoms. The van der Waals surface area contributed by atoms with E-state index in [1.807, 2.05) is 0 Å². The summed E-state index contributed by atoms with van der Waals surface area (Å²) in [7, 11) is 0. The predicted octanol–water partition coefficient (Wildman–Crippen LogP) is 2.74. The minimum atomic E-state index is -0.570. The number of hydrogen-bond donors (Lipinski definition) is 1. The van der Waals surface area contributed by atoms with Crippen LogP contribution in [0.1, 0.15) is 15.9 Å². The predicted molar refractivity (Wildman–Crippen MR) is 85.7 cm³/mol. The van der Waals surface area contributed by atoms with E-state index in [1.54, 1.807) is 18.2 Å². The third kappa shape index (κ3) is 3.13. The number of benzene rings is 2. The molecule has 1 heterocycles. The van der Waals surface area contributed by atoms with Gasteiger partial charge in [0.25, 0.3) is 11.6 Å². The second-order valence-electron chi connectivity index (χ2n) is 4.70. The molecule has 0 aromatic heterocycles. The Morgan fingerprint density at radius 1 is 1.29 bits per heavy atom. The van der Waals surface area contributed by atoms with Gasteiger partial charge < -0.3 is 9.47 Å². The van der Waals surface area contributed by atoms with Crippen molar-refractivity contribution in [2.75, 3.05) is 6.79 Å². The van der Waals surface area contributed by atoms with Crippen LogP contribution >= 0.6 is 11.6 Å². The van der Waals surface area contributed by atoms with Crippen molar-refractivity contribution >= 4 is 29.4 Å². The van der Waals surface area contributed by atoms with E-state index in [0.717, 1.165) is 6.21 Å². The van der Waals surface area contributed by atoms with E-state index in [4.69, 9.17) is 21.1 Å². The summed E-state index contributed by atoms with van der Waals surface area (Å²) in [6.45, 7) is -0.00364. The molecule has 0 unspecified atom stereocenters. The number of nitro groups is 1. The number of ether oxygens (including phenoxy) is 2. The highest BCUT2D eigenvalue weighted by molar-refractivity contribution is 6.33. The first-order valence-electron chi connectivity index (χ1n) is 6.72. The van der Waals surface area contributed by atoms with Crippen molar-refractivity contribution in [3.8, 4) is 11.5 Å². The fourth-order valence-electron chi connectivity index (χ4n) is 2.07. The van der Waals surface area contributed by atoms with Crippen LogP contribution in [0.5, 0.6) is 11.5 Å². The van der Waals surface area contributed by atoms with Crippen LogP contribution in [-0.2, 0) is 0 Å². The van der Waals surface area contributed by atoms with E-state index < -0.39 is 10.8 Å². The number of nitro benzene ring substituents is 1. The van der Waals surface area contributed by atoms with Gasteiger partial charge in [-0.25, -0.2) is 5.43 Å². The SMILES string of the molecule is O=C(N/N=C\c1cc2c(cc1[N+](=O)[O-])OCO2)c1ccccc1Cl. The molecule has 8 nitrogen and oxygen atoms in total. The van der Waals surface area contributed by atoms with E-state index in [-0.39, 0.29) is 28.6 Å². The Kier molecular flexibility index (Phi) is 4.30. The molecule has 0 atom stereocenters. The van der Waals surface area contributed by atoms with Gasteiger partial charge in [-0.3, -0.25) is 14.9 Å². The maximum Gasteiger partial charge on any atom is 0.282 e. The number of hydrazone groups is 1. The molecule has 3 rings (SSSR count). The first kappa shape index (κ1) is 15.8. The third-order valence-electron chi connectivity index (χ3n) is 3.21. The number of rotatable bonds is 4. The first-order valence-corrected chi connectivity index (χ1v) is 7.10. The monoisotopic (exact) mass is 347 g/mol. The van der Waals surface area contributed by atoms with E-state index in [1.165, 1.54) is 18.2 Å². The number of halogens is 1. The average molecular weight is 348 g/mol. The van der Waals surface area contributed by atoms with Gasteiger partial charge in [0.2, 0.25) is 6.79 Å². The number of nitrogens with zero attached hydrogens (tertiary/aromatic N) is 2. The zero-order valence-electron chi connectivity index (χ0n) is 12.1. The van der Waals surface area contributed by atoms with Gasteiger partial charge in [0.1, 0.15) is 0 Å². The van der Waals surface area contributed by atoms with E-state index in [9.17, 15) is 14.9 Å². The summed E-state index contributed by atoms with van der Waals surface area (Å²) in [5, 5.41) is 15.1. The molecule has 0 saturated heterocycles. The summed E-state index contributed by atoms with van der Waals surface area (Å²) >= 11 is 5.91.